The standard InChI is InChI=1S/C17H26N2O2/c1-13(2)17(20)18-12-16(19-8-10-21-11-9-19)15-6-4-14(3)5-7-15/h4-7,13,16H,8-12H2,1-3H3,(H,18,20)/t16-/m0/s1. The Hall–Kier alpha value is -1.39. The number of carbonyl (C=O) groups excluding carboxylic acids is 1. The van der Waals surface area contributed by atoms with Gasteiger partial charge >= 0.3 is 0 Å². The molecule has 1 atom stereocenters. The summed E-state index contributed by atoms with van der Waals surface area (Å²) in [5.74, 6) is 0.133. The molecule has 0 spiro atoms. The number of nitrogens with zero attached hydrogens (tertiary/aromatic N) is 1. The van der Waals surface area contributed by atoms with E-state index in [4.69, 9.17) is 4.74 Å². The minimum Gasteiger partial charge on any atom is -0.379 e. The van der Waals surface area contributed by atoms with Crippen molar-refractivity contribution in [1.29, 1.82) is 0 Å². The molecule has 0 radical (unpaired) electrons. The fourth-order valence-electron chi connectivity index (χ4n) is 2.54. The second-order valence-corrected chi connectivity index (χ2v) is 5.97. The van der Waals surface area contributed by atoms with Crippen molar-refractivity contribution in [3.63, 3.8) is 0 Å². The summed E-state index contributed by atoms with van der Waals surface area (Å²) in [7, 11) is 0. The van der Waals surface area contributed by atoms with Gasteiger partial charge in [-0.3, -0.25) is 9.69 Å². The number of nitrogens with one attached hydrogen (secondary N) is 1. The van der Waals surface area contributed by atoms with E-state index in [2.05, 4.69) is 41.4 Å². The summed E-state index contributed by atoms with van der Waals surface area (Å²) in [6.45, 7) is 9.94. The SMILES string of the molecule is Cc1ccc([C@H](CNC(=O)C(C)C)N2CCOCC2)cc1. The third kappa shape index (κ3) is 4.55. The van der Waals surface area contributed by atoms with Crippen LogP contribution in [0.2, 0.25) is 0 Å². The highest BCUT2D eigenvalue weighted by molar-refractivity contribution is 5.77. The minimum absolute atomic E-state index is 0.0216. The highest BCUT2D eigenvalue weighted by Crippen LogP contribution is 2.21. The normalized spacial score (nSPS) is 17.7. The topological polar surface area (TPSA) is 41.6 Å². The molecule has 21 heavy (non-hydrogen) atoms. The molecule has 1 fully saturated rings. The van der Waals surface area contributed by atoms with Gasteiger partial charge in [0, 0.05) is 25.6 Å². The van der Waals surface area contributed by atoms with E-state index in [1.807, 2.05) is 13.8 Å². The Labute approximate surface area is 127 Å². The number of morpholine rings is 1. The number of rotatable bonds is 5. The van der Waals surface area contributed by atoms with Crippen LogP contribution in [0.25, 0.3) is 0 Å². The largest absolute Gasteiger partial charge is 0.379 e. The molecular formula is C17H26N2O2. The predicted octanol–water partition coefficient (Wildman–Crippen LogP) is 2.14. The molecule has 1 aliphatic rings. The Kier molecular flexibility index (Phi) is 5.76. The van der Waals surface area contributed by atoms with Crippen LogP contribution in [0.3, 0.4) is 0 Å². The van der Waals surface area contributed by atoms with E-state index < -0.39 is 0 Å². The Balaban J connectivity index is 2.09. The maximum atomic E-state index is 11.9. The fraction of sp³-hybridized carbons (Fsp3) is 0.588. The van der Waals surface area contributed by atoms with Crippen molar-refractivity contribution in [2.75, 3.05) is 32.8 Å². The zero-order valence-corrected chi connectivity index (χ0v) is 13.3. The zero-order chi connectivity index (χ0) is 15.2. The highest BCUT2D eigenvalue weighted by atomic mass is 16.5. The Bertz CT molecular complexity index is 450. The van der Waals surface area contributed by atoms with E-state index in [0.717, 1.165) is 26.3 Å². The first-order valence-electron chi connectivity index (χ1n) is 7.74. The molecule has 1 aromatic carbocycles. The van der Waals surface area contributed by atoms with Crippen LogP contribution in [-0.4, -0.2) is 43.7 Å². The van der Waals surface area contributed by atoms with Gasteiger partial charge in [-0.25, -0.2) is 0 Å². The lowest BCUT2D eigenvalue weighted by Crippen LogP contribution is -2.44. The molecule has 1 amide bonds. The number of amides is 1. The highest BCUT2D eigenvalue weighted by Gasteiger charge is 2.23. The molecule has 1 saturated heterocycles. The smallest absolute Gasteiger partial charge is 0.222 e. The van der Waals surface area contributed by atoms with Crippen LogP contribution < -0.4 is 5.32 Å². The summed E-state index contributed by atoms with van der Waals surface area (Å²) < 4.78 is 5.44. The van der Waals surface area contributed by atoms with Gasteiger partial charge in [-0.05, 0) is 12.5 Å². The maximum absolute atomic E-state index is 11.9. The lowest BCUT2D eigenvalue weighted by Gasteiger charge is -2.35. The first-order chi connectivity index (χ1) is 10.1. The van der Waals surface area contributed by atoms with Crippen molar-refractivity contribution < 1.29 is 9.53 Å². The van der Waals surface area contributed by atoms with Crippen molar-refractivity contribution in [1.82, 2.24) is 10.2 Å². The molecule has 4 heteroatoms. The molecule has 4 nitrogen and oxygen atoms in total. The molecule has 0 aromatic heterocycles. The summed E-state index contributed by atoms with van der Waals surface area (Å²) in [5.41, 5.74) is 2.51. The predicted molar refractivity (Wildman–Crippen MR) is 84.2 cm³/mol. The molecule has 1 aromatic rings. The molecule has 0 aliphatic carbocycles. The monoisotopic (exact) mass is 290 g/mol. The van der Waals surface area contributed by atoms with Crippen LogP contribution in [0.15, 0.2) is 24.3 Å². The molecule has 0 saturated carbocycles. The summed E-state index contributed by atoms with van der Waals surface area (Å²) in [6, 6.07) is 8.81. The molecule has 0 bridgehead atoms. The van der Waals surface area contributed by atoms with Crippen molar-refractivity contribution in [3.8, 4) is 0 Å². The number of benzene rings is 1. The molecule has 0 unspecified atom stereocenters. The second kappa shape index (κ2) is 7.57. The quantitative estimate of drug-likeness (QED) is 0.903. The lowest BCUT2D eigenvalue weighted by atomic mass is 10.0. The summed E-state index contributed by atoms with van der Waals surface area (Å²) >= 11 is 0. The number of ether oxygens (including phenoxy) is 1. The van der Waals surface area contributed by atoms with Crippen molar-refractivity contribution >= 4 is 5.91 Å². The van der Waals surface area contributed by atoms with Crippen LogP contribution in [0.5, 0.6) is 0 Å². The molecule has 1 aliphatic heterocycles. The van der Waals surface area contributed by atoms with E-state index in [-0.39, 0.29) is 17.9 Å². The van der Waals surface area contributed by atoms with Gasteiger partial charge < -0.3 is 10.1 Å². The summed E-state index contributed by atoms with van der Waals surface area (Å²) in [5, 5.41) is 3.07. The first-order valence-corrected chi connectivity index (χ1v) is 7.74. The Morgan fingerprint density at radius 2 is 1.86 bits per heavy atom. The second-order valence-electron chi connectivity index (χ2n) is 5.97. The fourth-order valence-corrected chi connectivity index (χ4v) is 2.54. The summed E-state index contributed by atoms with van der Waals surface area (Å²) in [6.07, 6.45) is 0. The Morgan fingerprint density at radius 3 is 2.43 bits per heavy atom. The first kappa shape index (κ1) is 16.0. The third-order valence-electron chi connectivity index (χ3n) is 3.94. The molecule has 2 rings (SSSR count). The number of hydrogen-bond donors (Lipinski definition) is 1. The minimum atomic E-state index is 0.0216. The van der Waals surface area contributed by atoms with E-state index in [1.54, 1.807) is 0 Å². The van der Waals surface area contributed by atoms with Gasteiger partial charge in [-0.1, -0.05) is 43.7 Å². The van der Waals surface area contributed by atoms with Crippen LogP contribution in [-0.2, 0) is 9.53 Å². The van der Waals surface area contributed by atoms with Gasteiger partial charge in [0.05, 0.1) is 19.3 Å². The van der Waals surface area contributed by atoms with Crippen LogP contribution >= 0.6 is 0 Å². The van der Waals surface area contributed by atoms with Crippen molar-refractivity contribution in [3.05, 3.63) is 35.4 Å². The van der Waals surface area contributed by atoms with Crippen molar-refractivity contribution in [2.24, 2.45) is 5.92 Å². The maximum Gasteiger partial charge on any atom is 0.222 e. The average molecular weight is 290 g/mol. The zero-order valence-electron chi connectivity index (χ0n) is 13.3. The Morgan fingerprint density at radius 1 is 1.24 bits per heavy atom. The van der Waals surface area contributed by atoms with E-state index >= 15 is 0 Å². The van der Waals surface area contributed by atoms with Gasteiger partial charge in [0.1, 0.15) is 0 Å². The van der Waals surface area contributed by atoms with Gasteiger partial charge in [0.2, 0.25) is 5.91 Å². The molecular weight excluding hydrogens is 264 g/mol. The van der Waals surface area contributed by atoms with E-state index in [0.29, 0.717) is 6.54 Å². The average Bonchev–Trinajstić information content (AvgIpc) is 2.50. The van der Waals surface area contributed by atoms with Gasteiger partial charge in [0.25, 0.3) is 0 Å². The van der Waals surface area contributed by atoms with Crippen molar-refractivity contribution in [2.45, 2.75) is 26.8 Å². The molecule has 116 valence electrons. The number of hydrogen-bond acceptors (Lipinski definition) is 3. The number of carbonyl (C=O) groups is 1. The van der Waals surface area contributed by atoms with E-state index in [1.165, 1.54) is 11.1 Å². The van der Waals surface area contributed by atoms with Gasteiger partial charge in [-0.15, -0.1) is 0 Å². The van der Waals surface area contributed by atoms with Crippen LogP contribution in [0.1, 0.15) is 31.0 Å². The summed E-state index contributed by atoms with van der Waals surface area (Å²) in [4.78, 5) is 14.3. The van der Waals surface area contributed by atoms with Gasteiger partial charge in [-0.2, -0.15) is 0 Å². The number of aryl methyl sites for hydroxylation is 1. The molecule has 1 heterocycles. The third-order valence-corrected chi connectivity index (χ3v) is 3.94. The van der Waals surface area contributed by atoms with Crippen LogP contribution in [0.4, 0.5) is 0 Å². The van der Waals surface area contributed by atoms with Crippen LogP contribution in [0, 0.1) is 12.8 Å². The van der Waals surface area contributed by atoms with Gasteiger partial charge in [0.15, 0.2) is 0 Å². The van der Waals surface area contributed by atoms with E-state index in [9.17, 15) is 4.79 Å². The molecule has 1 N–H and O–H groups in total. The lowest BCUT2D eigenvalue weighted by molar-refractivity contribution is -0.124.